The Hall–Kier alpha value is -3.55. The molecule has 0 unspecified atom stereocenters. The topological polar surface area (TPSA) is 77.3 Å². The van der Waals surface area contributed by atoms with E-state index in [0.29, 0.717) is 30.2 Å². The van der Waals surface area contributed by atoms with E-state index in [0.717, 1.165) is 19.3 Å². The summed E-state index contributed by atoms with van der Waals surface area (Å²) < 4.78 is 20.3. The Balaban J connectivity index is 1.58. The third kappa shape index (κ3) is 4.63. The van der Waals surface area contributed by atoms with Gasteiger partial charge in [0.15, 0.2) is 0 Å². The van der Waals surface area contributed by atoms with Gasteiger partial charge < -0.3 is 9.64 Å². The normalized spacial score (nSPS) is 14.8. The SMILES string of the molecule is Cc1nc(C(=O)O[C@H](C(=O)N2CCCCC2)c2ccccc2)nn1-c1ccc(F)cc1. The van der Waals surface area contributed by atoms with E-state index in [1.54, 1.807) is 48.2 Å². The lowest BCUT2D eigenvalue weighted by Gasteiger charge is -2.30. The van der Waals surface area contributed by atoms with E-state index in [4.69, 9.17) is 4.74 Å². The van der Waals surface area contributed by atoms with Crippen LogP contribution in [0, 0.1) is 12.7 Å². The molecule has 0 bridgehead atoms. The van der Waals surface area contributed by atoms with Gasteiger partial charge in [0.1, 0.15) is 11.6 Å². The van der Waals surface area contributed by atoms with Crippen molar-refractivity contribution in [1.29, 1.82) is 0 Å². The third-order valence-electron chi connectivity index (χ3n) is 5.24. The molecule has 1 amide bonds. The van der Waals surface area contributed by atoms with Gasteiger partial charge in [-0.25, -0.2) is 18.9 Å². The second-order valence-corrected chi connectivity index (χ2v) is 7.45. The molecule has 8 heteroatoms. The van der Waals surface area contributed by atoms with Gasteiger partial charge in [-0.05, 0) is 50.5 Å². The first-order valence-corrected chi connectivity index (χ1v) is 10.3. The number of rotatable bonds is 5. The number of hydrogen-bond acceptors (Lipinski definition) is 5. The van der Waals surface area contributed by atoms with Gasteiger partial charge in [0.2, 0.25) is 6.10 Å². The molecule has 1 aliphatic rings. The maximum Gasteiger partial charge on any atom is 0.379 e. The summed E-state index contributed by atoms with van der Waals surface area (Å²) in [6.45, 7) is 2.98. The van der Waals surface area contributed by atoms with Crippen LogP contribution >= 0.6 is 0 Å². The number of likely N-dealkylation sites (tertiary alicyclic amines) is 1. The Morgan fingerprint density at radius 3 is 2.35 bits per heavy atom. The fourth-order valence-corrected chi connectivity index (χ4v) is 3.63. The Kier molecular flexibility index (Phi) is 6.06. The van der Waals surface area contributed by atoms with Crippen LogP contribution in [0.15, 0.2) is 54.6 Å². The van der Waals surface area contributed by atoms with Crippen molar-refractivity contribution in [2.75, 3.05) is 13.1 Å². The molecule has 31 heavy (non-hydrogen) atoms. The molecule has 0 radical (unpaired) electrons. The quantitative estimate of drug-likeness (QED) is 0.587. The molecule has 160 valence electrons. The molecule has 1 atom stereocenters. The van der Waals surface area contributed by atoms with Gasteiger partial charge in [0.05, 0.1) is 5.69 Å². The smallest absolute Gasteiger partial charge is 0.379 e. The van der Waals surface area contributed by atoms with Gasteiger partial charge in [0, 0.05) is 18.7 Å². The highest BCUT2D eigenvalue weighted by Crippen LogP contribution is 2.24. The minimum absolute atomic E-state index is 0.158. The Morgan fingerprint density at radius 2 is 1.68 bits per heavy atom. The largest absolute Gasteiger partial charge is 0.441 e. The lowest BCUT2D eigenvalue weighted by Crippen LogP contribution is -2.40. The summed E-state index contributed by atoms with van der Waals surface area (Å²) in [7, 11) is 0. The number of halogens is 1. The van der Waals surface area contributed by atoms with Crippen molar-refractivity contribution in [1.82, 2.24) is 19.7 Å². The number of esters is 1. The number of piperidine rings is 1. The molecular formula is C23H23FN4O3. The maximum absolute atomic E-state index is 13.2. The zero-order valence-electron chi connectivity index (χ0n) is 17.2. The first kappa shape index (κ1) is 20.7. The van der Waals surface area contributed by atoms with Crippen LogP contribution in [0.5, 0.6) is 0 Å². The highest BCUT2D eigenvalue weighted by atomic mass is 19.1. The van der Waals surface area contributed by atoms with Crippen LogP contribution < -0.4 is 0 Å². The van der Waals surface area contributed by atoms with E-state index < -0.39 is 12.1 Å². The van der Waals surface area contributed by atoms with Crippen LogP contribution in [0.3, 0.4) is 0 Å². The molecule has 7 nitrogen and oxygen atoms in total. The van der Waals surface area contributed by atoms with Crippen LogP contribution in [0.25, 0.3) is 5.69 Å². The number of nitrogens with zero attached hydrogens (tertiary/aromatic N) is 4. The first-order chi connectivity index (χ1) is 15.0. The van der Waals surface area contributed by atoms with E-state index in [-0.39, 0.29) is 17.5 Å². The average molecular weight is 422 g/mol. The molecule has 0 aliphatic carbocycles. The molecular weight excluding hydrogens is 399 g/mol. The van der Waals surface area contributed by atoms with Crippen molar-refractivity contribution in [2.45, 2.75) is 32.3 Å². The molecule has 2 heterocycles. The Morgan fingerprint density at radius 1 is 1.00 bits per heavy atom. The minimum atomic E-state index is -1.06. The van der Waals surface area contributed by atoms with Gasteiger partial charge in [-0.15, -0.1) is 5.10 Å². The second-order valence-electron chi connectivity index (χ2n) is 7.45. The molecule has 1 aromatic heterocycles. The zero-order valence-corrected chi connectivity index (χ0v) is 17.2. The van der Waals surface area contributed by atoms with E-state index in [1.165, 1.54) is 16.8 Å². The lowest BCUT2D eigenvalue weighted by atomic mass is 10.1. The summed E-state index contributed by atoms with van der Waals surface area (Å²) in [6.07, 6.45) is 1.89. The molecule has 0 N–H and O–H groups in total. The summed E-state index contributed by atoms with van der Waals surface area (Å²) in [4.78, 5) is 32.0. The van der Waals surface area contributed by atoms with Crippen molar-refractivity contribution in [3.63, 3.8) is 0 Å². The lowest BCUT2D eigenvalue weighted by molar-refractivity contribution is -0.142. The summed E-state index contributed by atoms with van der Waals surface area (Å²) in [5.41, 5.74) is 1.16. The molecule has 2 aromatic carbocycles. The van der Waals surface area contributed by atoms with Crippen LogP contribution in [0.4, 0.5) is 4.39 Å². The van der Waals surface area contributed by atoms with Gasteiger partial charge in [0.25, 0.3) is 11.7 Å². The molecule has 4 rings (SSSR count). The van der Waals surface area contributed by atoms with Crippen molar-refractivity contribution in [3.8, 4) is 5.69 Å². The molecule has 1 saturated heterocycles. The fourth-order valence-electron chi connectivity index (χ4n) is 3.63. The Bertz CT molecular complexity index is 1060. The predicted molar refractivity (Wildman–Crippen MR) is 111 cm³/mol. The maximum atomic E-state index is 13.2. The molecule has 1 fully saturated rings. The van der Waals surface area contributed by atoms with Crippen LogP contribution in [-0.2, 0) is 9.53 Å². The third-order valence-corrected chi connectivity index (χ3v) is 5.24. The molecule has 3 aromatic rings. The number of aromatic nitrogens is 3. The van der Waals surface area contributed by atoms with E-state index in [2.05, 4.69) is 10.1 Å². The summed E-state index contributed by atoms with van der Waals surface area (Å²) in [5.74, 6) is -1.12. The molecule has 0 spiro atoms. The Labute approximate surface area is 179 Å². The van der Waals surface area contributed by atoms with Crippen molar-refractivity contribution in [3.05, 3.63) is 77.6 Å². The van der Waals surface area contributed by atoms with E-state index in [9.17, 15) is 14.0 Å². The highest BCUT2D eigenvalue weighted by molar-refractivity contribution is 5.90. The molecule has 1 aliphatic heterocycles. The number of aryl methyl sites for hydroxylation is 1. The van der Waals surface area contributed by atoms with Crippen molar-refractivity contribution < 1.29 is 18.7 Å². The van der Waals surface area contributed by atoms with E-state index in [1.807, 2.05) is 6.07 Å². The summed E-state index contributed by atoms with van der Waals surface area (Å²) in [5, 5.41) is 4.21. The zero-order chi connectivity index (χ0) is 21.8. The van der Waals surface area contributed by atoms with E-state index >= 15 is 0 Å². The first-order valence-electron chi connectivity index (χ1n) is 10.3. The van der Waals surface area contributed by atoms with Crippen LogP contribution in [0.2, 0.25) is 0 Å². The number of benzene rings is 2. The van der Waals surface area contributed by atoms with Crippen LogP contribution in [-0.4, -0.2) is 44.6 Å². The minimum Gasteiger partial charge on any atom is -0.441 e. The van der Waals surface area contributed by atoms with Gasteiger partial charge >= 0.3 is 5.97 Å². The number of hydrogen-bond donors (Lipinski definition) is 0. The summed E-state index contributed by atoms with van der Waals surface area (Å²) >= 11 is 0. The van der Waals surface area contributed by atoms with Gasteiger partial charge in [-0.1, -0.05) is 30.3 Å². The van der Waals surface area contributed by atoms with Crippen molar-refractivity contribution in [2.24, 2.45) is 0 Å². The van der Waals surface area contributed by atoms with Gasteiger partial charge in [-0.3, -0.25) is 4.79 Å². The number of carbonyl (C=O) groups is 2. The summed E-state index contributed by atoms with van der Waals surface area (Å²) in [6, 6.07) is 14.6. The number of amides is 1. The van der Waals surface area contributed by atoms with Gasteiger partial charge in [-0.2, -0.15) is 0 Å². The second kappa shape index (κ2) is 9.07. The monoisotopic (exact) mass is 422 g/mol. The van der Waals surface area contributed by atoms with Crippen molar-refractivity contribution >= 4 is 11.9 Å². The molecule has 0 saturated carbocycles. The predicted octanol–water partition coefficient (Wildman–Crippen LogP) is 3.63. The van der Waals surface area contributed by atoms with Crippen LogP contribution in [0.1, 0.15) is 47.4 Å². The highest BCUT2D eigenvalue weighted by Gasteiger charge is 2.32. The average Bonchev–Trinajstić information content (AvgIpc) is 3.20. The number of ether oxygens (including phenoxy) is 1. The fraction of sp³-hybridized carbons (Fsp3) is 0.304. The number of carbonyl (C=O) groups excluding carboxylic acids is 2. The standard InChI is InChI=1S/C23H23FN4O3/c1-16-25-21(26-28(16)19-12-10-18(24)11-13-19)23(30)31-20(17-8-4-2-5-9-17)22(29)27-14-6-3-7-15-27/h2,4-5,8-13,20H,3,6-7,14-15H2,1H3/t20-/m0/s1.